The van der Waals surface area contributed by atoms with Gasteiger partial charge >= 0.3 is 18.1 Å². The lowest BCUT2D eigenvalue weighted by atomic mass is 9.98. The highest BCUT2D eigenvalue weighted by Crippen LogP contribution is 2.44. The van der Waals surface area contributed by atoms with Gasteiger partial charge in [-0.1, -0.05) is 68.8 Å². The van der Waals surface area contributed by atoms with Crippen LogP contribution >= 0.6 is 0 Å². The van der Waals surface area contributed by atoms with Crippen molar-refractivity contribution in [3.63, 3.8) is 0 Å². The second kappa shape index (κ2) is 10.6. The first-order chi connectivity index (χ1) is 16.1. The van der Waals surface area contributed by atoms with Crippen molar-refractivity contribution in [2.75, 3.05) is 6.61 Å². The van der Waals surface area contributed by atoms with Crippen molar-refractivity contribution >= 4 is 18.1 Å². The quantitative estimate of drug-likeness (QED) is 0.429. The maximum Gasteiger partial charge on any atom is 0.426 e. The topological polar surface area (TPSA) is 106 Å². The molecule has 0 spiro atoms. The van der Waals surface area contributed by atoms with Crippen molar-refractivity contribution < 1.29 is 23.9 Å². The number of hydrazine groups is 1. The molecule has 0 fully saturated rings. The third kappa shape index (κ3) is 6.07. The van der Waals surface area contributed by atoms with Crippen LogP contribution in [0.25, 0.3) is 11.1 Å². The lowest BCUT2D eigenvalue weighted by Gasteiger charge is -2.27. The summed E-state index contributed by atoms with van der Waals surface area (Å²) in [4.78, 5) is 37.1. The number of fused-ring (bicyclic) bond motifs is 3. The van der Waals surface area contributed by atoms with Gasteiger partial charge in [0.1, 0.15) is 18.2 Å². The summed E-state index contributed by atoms with van der Waals surface area (Å²) in [6.07, 6.45) is -0.140. The van der Waals surface area contributed by atoms with Gasteiger partial charge < -0.3 is 14.8 Å². The first-order valence-electron chi connectivity index (χ1n) is 11.5. The number of nitrogens with one attached hydrogen (secondary N) is 3. The van der Waals surface area contributed by atoms with E-state index in [1.54, 1.807) is 20.8 Å². The Hall–Kier alpha value is -3.55. The van der Waals surface area contributed by atoms with Gasteiger partial charge in [0.25, 0.3) is 0 Å². The van der Waals surface area contributed by atoms with Gasteiger partial charge in [-0.25, -0.2) is 25.2 Å². The Balaban J connectivity index is 1.54. The van der Waals surface area contributed by atoms with Crippen LogP contribution < -0.4 is 16.2 Å². The van der Waals surface area contributed by atoms with Crippen LogP contribution in [0.5, 0.6) is 0 Å². The molecule has 34 heavy (non-hydrogen) atoms. The monoisotopic (exact) mass is 467 g/mol. The third-order valence-corrected chi connectivity index (χ3v) is 5.78. The summed E-state index contributed by atoms with van der Waals surface area (Å²) in [5.74, 6) is -0.776. The highest BCUT2D eigenvalue weighted by molar-refractivity contribution is 5.85. The molecule has 0 saturated carbocycles. The van der Waals surface area contributed by atoms with Crippen molar-refractivity contribution in [2.24, 2.45) is 5.92 Å². The lowest BCUT2D eigenvalue weighted by Crippen LogP contribution is -2.54. The molecule has 0 aromatic heterocycles. The summed E-state index contributed by atoms with van der Waals surface area (Å²) >= 11 is 0. The maximum absolute atomic E-state index is 12.5. The summed E-state index contributed by atoms with van der Waals surface area (Å²) in [6, 6.07) is 14.5. The molecule has 0 unspecified atom stereocenters. The molecular weight excluding hydrogens is 434 g/mol. The molecule has 3 rings (SSSR count). The molecule has 3 N–H and O–H groups in total. The fraction of sp³-hybridized carbons (Fsp3) is 0.423. The number of urea groups is 1. The molecule has 0 bridgehead atoms. The van der Waals surface area contributed by atoms with E-state index in [2.05, 4.69) is 28.3 Å². The van der Waals surface area contributed by atoms with E-state index in [0.717, 1.165) is 22.3 Å². The van der Waals surface area contributed by atoms with Gasteiger partial charge in [-0.15, -0.1) is 0 Å². The van der Waals surface area contributed by atoms with Crippen LogP contribution in [0.1, 0.15) is 58.1 Å². The average molecular weight is 468 g/mol. The van der Waals surface area contributed by atoms with Crippen molar-refractivity contribution in [1.82, 2.24) is 16.2 Å². The van der Waals surface area contributed by atoms with Crippen LogP contribution in [0.15, 0.2) is 48.5 Å². The third-order valence-electron chi connectivity index (χ3n) is 5.78. The molecule has 0 aliphatic heterocycles. The summed E-state index contributed by atoms with van der Waals surface area (Å²) in [7, 11) is 0. The molecule has 0 radical (unpaired) electrons. The standard InChI is InChI=1S/C26H33N3O5/c1-6-16(2)22(23(30)34-26(3,4)5)27-24(31)28-29-25(32)33-15-21-19-13-9-7-11-17(19)18-12-8-10-14-20(18)21/h7-14,16,21-22H,6,15H2,1-5H3,(H,29,32)(H2,27,28,31)/t16-,22-/m0/s1. The summed E-state index contributed by atoms with van der Waals surface area (Å²) in [6.45, 7) is 9.16. The molecule has 3 amide bonds. The van der Waals surface area contributed by atoms with Crippen LogP contribution in [-0.2, 0) is 14.3 Å². The SMILES string of the molecule is CC[C@H](C)[C@H](NC(=O)NNC(=O)OCC1c2ccccc2-c2ccccc21)C(=O)OC(C)(C)C. The fourth-order valence-corrected chi connectivity index (χ4v) is 3.95. The minimum atomic E-state index is -0.853. The summed E-state index contributed by atoms with van der Waals surface area (Å²) < 4.78 is 10.8. The van der Waals surface area contributed by atoms with Crippen LogP contribution in [0.3, 0.4) is 0 Å². The number of rotatable bonds is 6. The van der Waals surface area contributed by atoms with E-state index in [0.29, 0.717) is 6.42 Å². The first-order valence-corrected chi connectivity index (χ1v) is 11.5. The predicted octanol–water partition coefficient (Wildman–Crippen LogP) is 4.50. The second-order valence-corrected chi connectivity index (χ2v) is 9.45. The van der Waals surface area contributed by atoms with E-state index < -0.39 is 29.7 Å². The Morgan fingerprint density at radius 3 is 2.03 bits per heavy atom. The minimum Gasteiger partial charge on any atom is -0.458 e. The molecular formula is C26H33N3O5. The van der Waals surface area contributed by atoms with E-state index in [4.69, 9.17) is 9.47 Å². The highest BCUT2D eigenvalue weighted by Gasteiger charge is 2.31. The zero-order chi connectivity index (χ0) is 24.9. The number of ether oxygens (including phenoxy) is 2. The van der Waals surface area contributed by atoms with Gasteiger partial charge in [-0.05, 0) is 48.9 Å². The average Bonchev–Trinajstić information content (AvgIpc) is 3.12. The van der Waals surface area contributed by atoms with E-state index in [-0.39, 0.29) is 18.4 Å². The normalized spacial score (nSPS) is 14.3. The Morgan fingerprint density at radius 2 is 1.50 bits per heavy atom. The number of amides is 3. The number of carbonyl (C=O) groups excluding carboxylic acids is 3. The first kappa shape index (κ1) is 25.1. The molecule has 182 valence electrons. The van der Waals surface area contributed by atoms with Crippen molar-refractivity contribution in [1.29, 1.82) is 0 Å². The molecule has 1 aliphatic rings. The largest absolute Gasteiger partial charge is 0.458 e. The van der Waals surface area contributed by atoms with E-state index in [1.165, 1.54) is 0 Å². The summed E-state index contributed by atoms with van der Waals surface area (Å²) in [5, 5.41) is 2.57. The number of carbonyl (C=O) groups is 3. The number of esters is 1. The lowest BCUT2D eigenvalue weighted by molar-refractivity contribution is -0.158. The molecule has 2 aromatic rings. The molecule has 1 aliphatic carbocycles. The van der Waals surface area contributed by atoms with Crippen LogP contribution in [0.2, 0.25) is 0 Å². The maximum atomic E-state index is 12.5. The molecule has 8 nitrogen and oxygen atoms in total. The van der Waals surface area contributed by atoms with E-state index in [9.17, 15) is 14.4 Å². The Morgan fingerprint density at radius 1 is 0.941 bits per heavy atom. The predicted molar refractivity (Wildman–Crippen MR) is 129 cm³/mol. The number of hydrogen-bond donors (Lipinski definition) is 3. The van der Waals surface area contributed by atoms with E-state index >= 15 is 0 Å². The zero-order valence-corrected chi connectivity index (χ0v) is 20.3. The Bertz CT molecular complexity index is 1000. The molecule has 2 atom stereocenters. The van der Waals surface area contributed by atoms with Crippen molar-refractivity contribution in [3.05, 3.63) is 59.7 Å². The minimum absolute atomic E-state index is 0.0890. The van der Waals surface area contributed by atoms with Gasteiger partial charge in [0, 0.05) is 5.92 Å². The Kier molecular flexibility index (Phi) is 7.81. The van der Waals surface area contributed by atoms with Gasteiger partial charge in [-0.2, -0.15) is 0 Å². The van der Waals surface area contributed by atoms with Crippen molar-refractivity contribution in [3.8, 4) is 11.1 Å². The van der Waals surface area contributed by atoms with Crippen LogP contribution in [0, 0.1) is 5.92 Å². The molecule has 0 heterocycles. The summed E-state index contributed by atoms with van der Waals surface area (Å²) in [5.41, 5.74) is 8.23. The smallest absolute Gasteiger partial charge is 0.426 e. The van der Waals surface area contributed by atoms with Gasteiger partial charge in [-0.3, -0.25) is 0 Å². The number of hydrogen-bond acceptors (Lipinski definition) is 5. The highest BCUT2D eigenvalue weighted by atomic mass is 16.6. The van der Waals surface area contributed by atoms with E-state index in [1.807, 2.05) is 50.2 Å². The van der Waals surface area contributed by atoms with Gasteiger partial charge in [0.2, 0.25) is 0 Å². The molecule has 8 heteroatoms. The molecule has 0 saturated heterocycles. The second-order valence-electron chi connectivity index (χ2n) is 9.45. The van der Waals surface area contributed by atoms with Crippen LogP contribution in [-0.4, -0.2) is 36.3 Å². The number of benzene rings is 2. The Labute approximate surface area is 200 Å². The molecule has 2 aromatic carbocycles. The van der Waals surface area contributed by atoms with Gasteiger partial charge in [0.15, 0.2) is 0 Å². The zero-order valence-electron chi connectivity index (χ0n) is 20.3. The van der Waals surface area contributed by atoms with Gasteiger partial charge in [0.05, 0.1) is 0 Å². The fourth-order valence-electron chi connectivity index (χ4n) is 3.95. The van der Waals surface area contributed by atoms with Crippen LogP contribution in [0.4, 0.5) is 9.59 Å². The van der Waals surface area contributed by atoms with Crippen molar-refractivity contribution in [2.45, 2.75) is 58.6 Å².